The van der Waals surface area contributed by atoms with Crippen molar-refractivity contribution in [2.24, 2.45) is 5.41 Å². The molecular weight excluding hydrogens is 328 g/mol. The highest BCUT2D eigenvalue weighted by molar-refractivity contribution is 5.75. The molecule has 1 rings (SSSR count). The van der Waals surface area contributed by atoms with Crippen LogP contribution in [-0.4, -0.2) is 11.9 Å². The Labute approximate surface area is 158 Å². The molecule has 0 fully saturated rings. The number of hydrogen-bond donors (Lipinski definition) is 0. The van der Waals surface area contributed by atoms with Crippen molar-refractivity contribution in [3.05, 3.63) is 24.3 Å². The van der Waals surface area contributed by atoms with Crippen molar-refractivity contribution >= 4 is 11.9 Å². The molecule has 4 nitrogen and oxygen atoms in total. The molecule has 0 radical (unpaired) electrons. The number of unbranched alkanes of at least 4 members (excludes halogenated alkanes) is 5. The van der Waals surface area contributed by atoms with E-state index in [1.54, 1.807) is 31.2 Å². The third kappa shape index (κ3) is 10.2. The monoisotopic (exact) mass is 362 g/mol. The van der Waals surface area contributed by atoms with E-state index in [2.05, 4.69) is 20.8 Å². The zero-order valence-corrected chi connectivity index (χ0v) is 16.8. The fourth-order valence-corrected chi connectivity index (χ4v) is 2.62. The molecule has 4 heteroatoms. The molecule has 0 amide bonds. The Bertz CT molecular complexity index is 558. The number of esters is 2. The number of rotatable bonds is 11. The quantitative estimate of drug-likeness (QED) is 0.272. The fraction of sp³-hybridized carbons (Fsp3) is 0.636. The van der Waals surface area contributed by atoms with Gasteiger partial charge in [0, 0.05) is 12.8 Å². The Hall–Kier alpha value is -1.84. The van der Waals surface area contributed by atoms with Crippen LogP contribution in [0.25, 0.3) is 0 Å². The largest absolute Gasteiger partial charge is 0.423 e. The minimum atomic E-state index is -0.347. The third-order valence-corrected chi connectivity index (χ3v) is 4.14. The zero-order valence-electron chi connectivity index (χ0n) is 16.8. The van der Waals surface area contributed by atoms with Crippen LogP contribution < -0.4 is 9.47 Å². The Kier molecular flexibility index (Phi) is 10.0. The lowest BCUT2D eigenvalue weighted by Crippen LogP contribution is -2.11. The predicted octanol–water partition coefficient (Wildman–Crippen LogP) is 6.07. The molecule has 1 aromatic carbocycles. The van der Waals surface area contributed by atoms with Crippen LogP contribution in [0, 0.1) is 5.41 Å². The summed E-state index contributed by atoms with van der Waals surface area (Å²) in [4.78, 5) is 23.4. The van der Waals surface area contributed by atoms with Crippen molar-refractivity contribution in [2.75, 3.05) is 0 Å². The number of carbonyl (C=O) groups is 2. The number of hydrogen-bond acceptors (Lipinski definition) is 4. The summed E-state index contributed by atoms with van der Waals surface area (Å²) in [5, 5.41) is 0. The van der Waals surface area contributed by atoms with E-state index in [0.717, 1.165) is 19.3 Å². The van der Waals surface area contributed by atoms with Gasteiger partial charge in [0.25, 0.3) is 0 Å². The molecular formula is C22H34O4. The lowest BCUT2D eigenvalue weighted by atomic mass is 9.89. The van der Waals surface area contributed by atoms with Crippen LogP contribution in [0.15, 0.2) is 24.3 Å². The van der Waals surface area contributed by atoms with Crippen LogP contribution in [0.4, 0.5) is 0 Å². The maximum atomic E-state index is 12.0. The van der Waals surface area contributed by atoms with E-state index >= 15 is 0 Å². The summed E-state index contributed by atoms with van der Waals surface area (Å²) in [6.45, 7) is 8.56. The summed E-state index contributed by atoms with van der Waals surface area (Å²) in [5.74, 6) is -0.0225. The van der Waals surface area contributed by atoms with Gasteiger partial charge in [-0.3, -0.25) is 9.59 Å². The molecule has 0 heterocycles. The summed E-state index contributed by atoms with van der Waals surface area (Å²) in [7, 11) is 0. The molecule has 0 aliphatic heterocycles. The first-order valence-corrected chi connectivity index (χ1v) is 9.82. The maximum Gasteiger partial charge on any atom is 0.311 e. The summed E-state index contributed by atoms with van der Waals surface area (Å²) in [5.41, 5.74) is 0.422. The van der Waals surface area contributed by atoms with Gasteiger partial charge in [-0.2, -0.15) is 0 Å². The van der Waals surface area contributed by atoms with Gasteiger partial charge in [-0.05, 0) is 30.4 Å². The SMILES string of the molecule is CCC(=O)Oc1ccccc1OC(=O)CCCCCCCCC(C)(C)C. The van der Waals surface area contributed by atoms with Crippen LogP contribution in [-0.2, 0) is 9.59 Å². The van der Waals surface area contributed by atoms with Crippen LogP contribution in [0.5, 0.6) is 11.5 Å². The minimum Gasteiger partial charge on any atom is -0.423 e. The van der Waals surface area contributed by atoms with Crippen molar-refractivity contribution in [3.8, 4) is 11.5 Å². The van der Waals surface area contributed by atoms with Gasteiger partial charge in [-0.1, -0.05) is 71.9 Å². The standard InChI is InChI=1S/C22H34O4/c1-5-20(23)25-18-14-11-12-15-19(18)26-21(24)16-10-8-6-7-9-13-17-22(2,3)4/h11-12,14-15H,5-10,13,16-17H2,1-4H3. The van der Waals surface area contributed by atoms with Gasteiger partial charge in [0.1, 0.15) is 0 Å². The van der Waals surface area contributed by atoms with E-state index in [1.807, 2.05) is 0 Å². The second-order valence-corrected chi connectivity index (χ2v) is 7.93. The third-order valence-electron chi connectivity index (χ3n) is 4.14. The van der Waals surface area contributed by atoms with E-state index in [0.29, 0.717) is 23.3 Å². The Balaban J connectivity index is 2.22. The Morgan fingerprint density at radius 3 is 1.85 bits per heavy atom. The molecule has 0 atom stereocenters. The van der Waals surface area contributed by atoms with Gasteiger partial charge in [-0.15, -0.1) is 0 Å². The van der Waals surface area contributed by atoms with Gasteiger partial charge in [0.05, 0.1) is 0 Å². The van der Waals surface area contributed by atoms with Crippen molar-refractivity contribution < 1.29 is 19.1 Å². The van der Waals surface area contributed by atoms with Gasteiger partial charge < -0.3 is 9.47 Å². The van der Waals surface area contributed by atoms with Gasteiger partial charge in [0.15, 0.2) is 11.5 Å². The van der Waals surface area contributed by atoms with Gasteiger partial charge >= 0.3 is 11.9 Å². The minimum absolute atomic E-state index is 0.276. The smallest absolute Gasteiger partial charge is 0.311 e. The molecule has 0 aliphatic rings. The van der Waals surface area contributed by atoms with Crippen molar-refractivity contribution in [2.45, 2.75) is 85.5 Å². The molecule has 0 N–H and O–H groups in total. The number of ether oxygens (including phenoxy) is 2. The highest BCUT2D eigenvalue weighted by Crippen LogP contribution is 2.27. The van der Waals surface area contributed by atoms with E-state index in [4.69, 9.17) is 9.47 Å². The van der Waals surface area contributed by atoms with Crippen LogP contribution >= 0.6 is 0 Å². The second kappa shape index (κ2) is 11.7. The van der Waals surface area contributed by atoms with Gasteiger partial charge in [-0.25, -0.2) is 0 Å². The molecule has 0 aromatic heterocycles. The molecule has 0 aliphatic carbocycles. The summed E-state index contributed by atoms with van der Waals surface area (Å²) >= 11 is 0. The summed E-state index contributed by atoms with van der Waals surface area (Å²) in [6, 6.07) is 6.78. The number of benzene rings is 1. The van der Waals surface area contributed by atoms with Crippen molar-refractivity contribution in [3.63, 3.8) is 0 Å². The average Bonchev–Trinajstić information content (AvgIpc) is 2.58. The van der Waals surface area contributed by atoms with Crippen LogP contribution in [0.3, 0.4) is 0 Å². The highest BCUT2D eigenvalue weighted by Gasteiger charge is 2.12. The average molecular weight is 363 g/mol. The van der Waals surface area contributed by atoms with Crippen LogP contribution in [0.2, 0.25) is 0 Å². The lowest BCUT2D eigenvalue weighted by Gasteiger charge is -2.17. The van der Waals surface area contributed by atoms with Gasteiger partial charge in [0.2, 0.25) is 0 Å². The normalized spacial score (nSPS) is 11.2. The molecule has 0 spiro atoms. The summed E-state index contributed by atoms with van der Waals surface area (Å²) in [6.07, 6.45) is 8.71. The van der Waals surface area contributed by atoms with Crippen LogP contribution in [0.1, 0.15) is 85.5 Å². The Morgan fingerprint density at radius 2 is 1.31 bits per heavy atom. The molecule has 0 saturated heterocycles. The topological polar surface area (TPSA) is 52.6 Å². The number of para-hydroxylation sites is 2. The second-order valence-electron chi connectivity index (χ2n) is 7.93. The molecule has 1 aromatic rings. The highest BCUT2D eigenvalue weighted by atomic mass is 16.6. The molecule has 26 heavy (non-hydrogen) atoms. The first kappa shape index (κ1) is 22.2. The molecule has 0 saturated carbocycles. The predicted molar refractivity (Wildman–Crippen MR) is 104 cm³/mol. The first-order valence-electron chi connectivity index (χ1n) is 9.82. The van der Waals surface area contributed by atoms with E-state index < -0.39 is 0 Å². The van der Waals surface area contributed by atoms with Crippen molar-refractivity contribution in [1.82, 2.24) is 0 Å². The number of carbonyl (C=O) groups excluding carboxylic acids is 2. The van der Waals surface area contributed by atoms with E-state index in [-0.39, 0.29) is 18.4 Å². The van der Waals surface area contributed by atoms with Crippen molar-refractivity contribution in [1.29, 1.82) is 0 Å². The molecule has 0 bridgehead atoms. The fourth-order valence-electron chi connectivity index (χ4n) is 2.62. The zero-order chi connectivity index (χ0) is 19.4. The lowest BCUT2D eigenvalue weighted by molar-refractivity contribution is -0.137. The van der Waals surface area contributed by atoms with E-state index in [1.165, 1.54) is 25.7 Å². The van der Waals surface area contributed by atoms with E-state index in [9.17, 15) is 9.59 Å². The first-order chi connectivity index (χ1) is 12.3. The Morgan fingerprint density at radius 1 is 0.808 bits per heavy atom. The summed E-state index contributed by atoms with van der Waals surface area (Å²) < 4.78 is 10.5. The maximum absolute atomic E-state index is 12.0. The molecule has 0 unspecified atom stereocenters. The molecule has 146 valence electrons.